The van der Waals surface area contributed by atoms with Crippen molar-refractivity contribution in [3.05, 3.63) is 20.9 Å². The number of nitrogens with zero attached hydrogens (tertiary/aromatic N) is 1. The number of hydrogen-bond acceptors (Lipinski definition) is 2. The molecule has 146 valence electrons. The molecule has 1 saturated heterocycles. The zero-order chi connectivity index (χ0) is 16.5. The molecule has 0 aromatic rings. The van der Waals surface area contributed by atoms with Gasteiger partial charge in [0, 0.05) is 71.8 Å². The van der Waals surface area contributed by atoms with Crippen LogP contribution in [0.4, 0.5) is 0 Å². The molecule has 3 nitrogen and oxygen atoms in total. The fraction of sp³-hybridized carbons (Fsp3) is 0.800. The minimum atomic E-state index is -0.689. The second-order valence-electron chi connectivity index (χ2n) is 9.36. The van der Waals surface area contributed by atoms with E-state index in [4.69, 9.17) is 5.11 Å². The molecule has 1 heterocycles. The molecule has 0 saturated carbocycles. The predicted octanol–water partition coefficient (Wildman–Crippen LogP) is 5.62. The summed E-state index contributed by atoms with van der Waals surface area (Å²) in [6.45, 7) is 16.9. The van der Waals surface area contributed by atoms with Crippen molar-refractivity contribution in [2.75, 3.05) is 6.54 Å². The summed E-state index contributed by atoms with van der Waals surface area (Å²) in [6, 6.07) is 1.51. The van der Waals surface area contributed by atoms with Crippen LogP contribution in [0.15, 0.2) is 0 Å². The van der Waals surface area contributed by atoms with Gasteiger partial charge in [-0.1, -0.05) is 53.9 Å². The molecule has 0 aromatic carbocycles. The maximum atomic E-state index is 10.8. The van der Waals surface area contributed by atoms with Gasteiger partial charge in [0.05, 0.1) is 0 Å². The number of rotatable bonds is 6. The van der Waals surface area contributed by atoms with E-state index < -0.39 is 5.97 Å². The average molecular weight is 504 g/mol. The van der Waals surface area contributed by atoms with E-state index in [-0.39, 0.29) is 92.2 Å². The van der Waals surface area contributed by atoms with Crippen LogP contribution in [0.25, 0.3) is 0 Å². The minimum absolute atomic E-state index is 0. The Morgan fingerprint density at radius 3 is 1.92 bits per heavy atom. The first kappa shape index (κ1) is 34.2. The Morgan fingerprint density at radius 2 is 1.56 bits per heavy atom. The first-order chi connectivity index (χ1) is 9.32. The van der Waals surface area contributed by atoms with E-state index in [2.05, 4.69) is 53.4 Å². The Kier molecular flexibility index (Phi) is 17.7. The van der Waals surface area contributed by atoms with Crippen LogP contribution in [0.5, 0.6) is 0 Å². The summed E-state index contributed by atoms with van der Waals surface area (Å²) in [5, 5.41) is 8.86. The summed E-state index contributed by atoms with van der Waals surface area (Å²) >= 11 is 0. The molecule has 1 rings (SSSR count). The normalized spacial score (nSPS) is 20.9. The monoisotopic (exact) mass is 504 g/mol. The van der Waals surface area contributed by atoms with E-state index >= 15 is 0 Å². The molecule has 0 aromatic heterocycles. The summed E-state index contributed by atoms with van der Waals surface area (Å²) in [7, 11) is 0. The Morgan fingerprint density at radius 1 is 1.08 bits per heavy atom. The second-order valence-corrected chi connectivity index (χ2v) is 9.36. The first-order valence-electron chi connectivity index (χ1n) is 8.17. The van der Waals surface area contributed by atoms with Crippen molar-refractivity contribution < 1.29 is 75.3 Å². The van der Waals surface area contributed by atoms with Gasteiger partial charge in [-0.2, -0.15) is 6.42 Å². The van der Waals surface area contributed by atoms with E-state index in [9.17, 15) is 4.79 Å². The van der Waals surface area contributed by atoms with Crippen LogP contribution < -0.4 is 0 Å². The van der Waals surface area contributed by atoms with E-state index in [1.54, 1.807) is 0 Å². The van der Waals surface area contributed by atoms with Crippen molar-refractivity contribution in [1.82, 2.24) is 4.90 Å². The summed E-state index contributed by atoms with van der Waals surface area (Å²) in [6.07, 6.45) is 4.43. The van der Waals surface area contributed by atoms with Crippen LogP contribution >= 0.6 is 0 Å². The number of carboxylic acid groups (broad SMARTS) is 1. The van der Waals surface area contributed by atoms with Crippen molar-refractivity contribution in [3.63, 3.8) is 0 Å². The molecule has 1 atom stereocenters. The van der Waals surface area contributed by atoms with Crippen molar-refractivity contribution in [1.29, 1.82) is 0 Å². The molecular formula is C20H40NO2Y2-3. The molecule has 1 unspecified atom stereocenters. The van der Waals surface area contributed by atoms with Gasteiger partial charge in [0.1, 0.15) is 0 Å². The number of hydrogen-bond donors (Lipinski definition) is 1. The largest absolute Gasteiger partial charge is 0.481 e. The molecule has 1 aliphatic rings. The number of carboxylic acids is 1. The van der Waals surface area contributed by atoms with Crippen LogP contribution in [-0.2, 0) is 70.2 Å². The van der Waals surface area contributed by atoms with Gasteiger partial charge >= 0.3 is 5.97 Å². The molecule has 5 heteroatoms. The van der Waals surface area contributed by atoms with Crippen molar-refractivity contribution in [2.24, 2.45) is 10.8 Å². The van der Waals surface area contributed by atoms with Crippen LogP contribution in [0.3, 0.4) is 0 Å². The molecule has 0 aliphatic carbocycles. The third kappa shape index (κ3) is 12.7. The SMILES string of the molecule is CC(C)(C)C[C-]1CC(C)(CC(C)(C)C)N1CCCC(=O)O.[CH3-].[CH3-].[Y].[Y]. The molecule has 25 heavy (non-hydrogen) atoms. The number of carbonyl (C=O) groups is 1. The standard InChI is InChI=1S/C18H34NO2.2CH3.2Y/c1-16(2,3)11-14-12-18(7,13-17(4,5)6)19(14)10-8-9-15(20)21;;;;/h8-13H2,1-7H3,(H,20,21);2*1H3;;/q3*-1;;. The van der Waals surface area contributed by atoms with Gasteiger partial charge in [-0.05, 0) is 30.3 Å². The van der Waals surface area contributed by atoms with Gasteiger partial charge in [-0.15, -0.1) is 6.42 Å². The van der Waals surface area contributed by atoms with Gasteiger partial charge in [0.15, 0.2) is 0 Å². The van der Waals surface area contributed by atoms with Gasteiger partial charge in [-0.3, -0.25) is 4.79 Å². The van der Waals surface area contributed by atoms with E-state index in [0.29, 0.717) is 10.8 Å². The molecular weight excluding hydrogens is 464 g/mol. The summed E-state index contributed by atoms with van der Waals surface area (Å²) in [4.78, 5) is 13.3. The third-order valence-corrected chi connectivity index (χ3v) is 4.04. The van der Waals surface area contributed by atoms with Crippen molar-refractivity contribution in [3.8, 4) is 0 Å². The predicted molar refractivity (Wildman–Crippen MR) is 101 cm³/mol. The molecule has 0 amide bonds. The van der Waals surface area contributed by atoms with Gasteiger partial charge < -0.3 is 24.9 Å². The van der Waals surface area contributed by atoms with E-state index in [0.717, 1.165) is 32.2 Å². The third-order valence-electron chi connectivity index (χ3n) is 4.04. The van der Waals surface area contributed by atoms with Crippen LogP contribution in [-0.4, -0.2) is 28.1 Å². The summed E-state index contributed by atoms with van der Waals surface area (Å²) < 4.78 is 0. The maximum Gasteiger partial charge on any atom is 0.303 e. The Hall–Kier alpha value is 1.64. The summed E-state index contributed by atoms with van der Waals surface area (Å²) in [5.74, 6) is -0.689. The number of likely N-dealkylation sites (tertiary alicyclic amines) is 1. The van der Waals surface area contributed by atoms with Gasteiger partial charge in [0.2, 0.25) is 0 Å². The average Bonchev–Trinajstić information content (AvgIpc) is 2.18. The molecule has 1 N–H and O–H groups in total. The molecule has 1 fully saturated rings. The van der Waals surface area contributed by atoms with Gasteiger partial charge in [0.25, 0.3) is 0 Å². The smallest absolute Gasteiger partial charge is 0.303 e. The summed E-state index contributed by atoms with van der Waals surface area (Å²) in [5.41, 5.74) is 0.799. The molecule has 2 radical (unpaired) electrons. The zero-order valence-electron chi connectivity index (χ0n) is 18.2. The zero-order valence-corrected chi connectivity index (χ0v) is 23.9. The molecule has 1 aliphatic heterocycles. The van der Waals surface area contributed by atoms with Crippen molar-refractivity contribution >= 4 is 5.97 Å². The topological polar surface area (TPSA) is 40.5 Å². The van der Waals surface area contributed by atoms with E-state index in [1.165, 1.54) is 6.04 Å². The quantitative estimate of drug-likeness (QED) is 0.478. The number of aliphatic carboxylic acids is 1. The van der Waals surface area contributed by atoms with Crippen LogP contribution in [0.1, 0.15) is 80.6 Å². The first-order valence-corrected chi connectivity index (χ1v) is 8.17. The Labute approximate surface area is 208 Å². The van der Waals surface area contributed by atoms with Gasteiger partial charge in [-0.25, -0.2) is 6.04 Å². The van der Waals surface area contributed by atoms with E-state index in [1.807, 2.05) is 0 Å². The molecule has 0 spiro atoms. The van der Waals surface area contributed by atoms with Crippen LogP contribution in [0, 0.1) is 31.7 Å². The van der Waals surface area contributed by atoms with Crippen molar-refractivity contribution in [2.45, 2.75) is 86.1 Å². The Balaban J connectivity index is -0.000000551. The van der Waals surface area contributed by atoms with Crippen LogP contribution in [0.2, 0.25) is 0 Å². The fourth-order valence-electron chi connectivity index (χ4n) is 3.81. The maximum absolute atomic E-state index is 10.8. The fourth-order valence-corrected chi connectivity index (χ4v) is 3.81. The molecule has 0 bridgehead atoms. The Bertz CT molecular complexity index is 375. The second kappa shape index (κ2) is 13.0. The minimum Gasteiger partial charge on any atom is -0.481 e.